The van der Waals surface area contributed by atoms with Crippen molar-refractivity contribution in [3.63, 3.8) is 0 Å². The molecule has 1 aliphatic carbocycles. The SMILES string of the molecule is CCOc1cc([C@@H](N)C2CCCC2)ccc1OC. The Hall–Kier alpha value is -1.22. The van der Waals surface area contributed by atoms with Crippen LogP contribution in [0.3, 0.4) is 0 Å². The summed E-state index contributed by atoms with van der Waals surface area (Å²) in [6.45, 7) is 2.61. The largest absolute Gasteiger partial charge is 0.493 e. The highest BCUT2D eigenvalue weighted by Crippen LogP contribution is 2.37. The lowest BCUT2D eigenvalue weighted by atomic mass is 9.92. The van der Waals surface area contributed by atoms with Crippen LogP contribution in [0.25, 0.3) is 0 Å². The molecule has 0 aliphatic heterocycles. The summed E-state index contributed by atoms with van der Waals surface area (Å²) < 4.78 is 10.9. The molecule has 0 spiro atoms. The van der Waals surface area contributed by atoms with Crippen molar-refractivity contribution in [2.75, 3.05) is 13.7 Å². The van der Waals surface area contributed by atoms with Crippen LogP contribution in [0.15, 0.2) is 18.2 Å². The van der Waals surface area contributed by atoms with E-state index in [-0.39, 0.29) is 6.04 Å². The van der Waals surface area contributed by atoms with Gasteiger partial charge in [0, 0.05) is 6.04 Å². The number of ether oxygens (including phenoxy) is 2. The Morgan fingerprint density at radius 3 is 2.61 bits per heavy atom. The van der Waals surface area contributed by atoms with Gasteiger partial charge in [-0.05, 0) is 43.4 Å². The number of nitrogens with two attached hydrogens (primary N) is 1. The van der Waals surface area contributed by atoms with Gasteiger partial charge >= 0.3 is 0 Å². The monoisotopic (exact) mass is 249 g/mol. The highest BCUT2D eigenvalue weighted by Gasteiger charge is 2.24. The number of methoxy groups -OCH3 is 1. The molecule has 1 atom stereocenters. The number of benzene rings is 1. The van der Waals surface area contributed by atoms with Crippen LogP contribution in [0.2, 0.25) is 0 Å². The zero-order chi connectivity index (χ0) is 13.0. The second kappa shape index (κ2) is 6.10. The molecule has 1 fully saturated rings. The van der Waals surface area contributed by atoms with Crippen LogP contribution in [0, 0.1) is 5.92 Å². The summed E-state index contributed by atoms with van der Waals surface area (Å²) in [5, 5.41) is 0. The Morgan fingerprint density at radius 2 is 2.00 bits per heavy atom. The molecule has 0 unspecified atom stereocenters. The van der Waals surface area contributed by atoms with Gasteiger partial charge in [0.15, 0.2) is 11.5 Å². The van der Waals surface area contributed by atoms with E-state index in [0.29, 0.717) is 12.5 Å². The molecule has 2 rings (SSSR count). The molecular formula is C15H23NO2. The van der Waals surface area contributed by atoms with Crippen molar-refractivity contribution in [1.29, 1.82) is 0 Å². The average molecular weight is 249 g/mol. The molecular weight excluding hydrogens is 226 g/mol. The zero-order valence-electron chi connectivity index (χ0n) is 11.3. The third kappa shape index (κ3) is 2.78. The van der Waals surface area contributed by atoms with Crippen LogP contribution in [0.5, 0.6) is 11.5 Å². The first-order chi connectivity index (χ1) is 8.76. The van der Waals surface area contributed by atoms with Gasteiger partial charge in [0.1, 0.15) is 0 Å². The first-order valence-corrected chi connectivity index (χ1v) is 6.82. The van der Waals surface area contributed by atoms with Crippen molar-refractivity contribution in [2.45, 2.75) is 38.6 Å². The van der Waals surface area contributed by atoms with E-state index in [1.165, 1.54) is 25.7 Å². The Labute approximate surface area is 109 Å². The molecule has 100 valence electrons. The van der Waals surface area contributed by atoms with Crippen LogP contribution >= 0.6 is 0 Å². The van der Waals surface area contributed by atoms with Crippen molar-refractivity contribution in [3.8, 4) is 11.5 Å². The minimum atomic E-state index is 0.123. The van der Waals surface area contributed by atoms with E-state index >= 15 is 0 Å². The molecule has 0 aromatic heterocycles. The fraction of sp³-hybridized carbons (Fsp3) is 0.600. The first kappa shape index (κ1) is 13.2. The smallest absolute Gasteiger partial charge is 0.161 e. The lowest BCUT2D eigenvalue weighted by Crippen LogP contribution is -2.19. The van der Waals surface area contributed by atoms with Crippen LogP contribution in [-0.4, -0.2) is 13.7 Å². The van der Waals surface area contributed by atoms with E-state index < -0.39 is 0 Å². The van der Waals surface area contributed by atoms with E-state index in [0.717, 1.165) is 17.1 Å². The molecule has 1 aliphatic rings. The second-order valence-electron chi connectivity index (χ2n) is 4.91. The molecule has 0 saturated heterocycles. The van der Waals surface area contributed by atoms with E-state index in [1.807, 2.05) is 19.1 Å². The third-order valence-electron chi connectivity index (χ3n) is 3.78. The molecule has 3 heteroatoms. The Bertz CT molecular complexity index is 386. The maximum Gasteiger partial charge on any atom is 0.161 e. The van der Waals surface area contributed by atoms with Gasteiger partial charge in [-0.2, -0.15) is 0 Å². The maximum atomic E-state index is 6.36. The molecule has 0 heterocycles. The molecule has 0 amide bonds. The summed E-state index contributed by atoms with van der Waals surface area (Å²) in [6, 6.07) is 6.17. The van der Waals surface area contributed by atoms with Gasteiger partial charge in [0.25, 0.3) is 0 Å². The maximum absolute atomic E-state index is 6.36. The van der Waals surface area contributed by atoms with Gasteiger partial charge in [-0.3, -0.25) is 0 Å². The first-order valence-electron chi connectivity index (χ1n) is 6.82. The number of hydrogen-bond acceptors (Lipinski definition) is 3. The van der Waals surface area contributed by atoms with Crippen molar-refractivity contribution >= 4 is 0 Å². The lowest BCUT2D eigenvalue weighted by molar-refractivity contribution is 0.309. The van der Waals surface area contributed by atoms with E-state index in [1.54, 1.807) is 7.11 Å². The van der Waals surface area contributed by atoms with Crippen molar-refractivity contribution in [1.82, 2.24) is 0 Å². The molecule has 1 saturated carbocycles. The Kier molecular flexibility index (Phi) is 4.48. The van der Waals surface area contributed by atoms with Crippen LogP contribution in [-0.2, 0) is 0 Å². The Morgan fingerprint density at radius 1 is 1.28 bits per heavy atom. The van der Waals surface area contributed by atoms with Gasteiger partial charge in [-0.1, -0.05) is 18.9 Å². The summed E-state index contributed by atoms with van der Waals surface area (Å²) >= 11 is 0. The van der Waals surface area contributed by atoms with Crippen molar-refractivity contribution in [2.24, 2.45) is 11.7 Å². The van der Waals surface area contributed by atoms with Crippen LogP contribution in [0.1, 0.15) is 44.2 Å². The van der Waals surface area contributed by atoms with E-state index in [4.69, 9.17) is 15.2 Å². The lowest BCUT2D eigenvalue weighted by Gasteiger charge is -2.20. The number of rotatable bonds is 5. The molecule has 3 nitrogen and oxygen atoms in total. The van der Waals surface area contributed by atoms with E-state index in [9.17, 15) is 0 Å². The van der Waals surface area contributed by atoms with Gasteiger partial charge in [-0.25, -0.2) is 0 Å². The van der Waals surface area contributed by atoms with Crippen LogP contribution in [0.4, 0.5) is 0 Å². The molecule has 1 aromatic carbocycles. The summed E-state index contributed by atoms with van der Waals surface area (Å²) in [5.41, 5.74) is 7.52. The molecule has 18 heavy (non-hydrogen) atoms. The summed E-state index contributed by atoms with van der Waals surface area (Å²) in [6.07, 6.45) is 5.12. The average Bonchev–Trinajstić information content (AvgIpc) is 2.92. The highest BCUT2D eigenvalue weighted by atomic mass is 16.5. The summed E-state index contributed by atoms with van der Waals surface area (Å²) in [7, 11) is 1.66. The third-order valence-corrected chi connectivity index (χ3v) is 3.78. The fourth-order valence-electron chi connectivity index (χ4n) is 2.76. The topological polar surface area (TPSA) is 44.5 Å². The fourth-order valence-corrected chi connectivity index (χ4v) is 2.76. The second-order valence-corrected chi connectivity index (χ2v) is 4.91. The molecule has 1 aromatic rings. The predicted molar refractivity (Wildman–Crippen MR) is 73.0 cm³/mol. The summed E-state index contributed by atoms with van der Waals surface area (Å²) in [5.74, 6) is 2.19. The Balaban J connectivity index is 2.19. The minimum Gasteiger partial charge on any atom is -0.493 e. The number of hydrogen-bond donors (Lipinski definition) is 1. The van der Waals surface area contributed by atoms with E-state index in [2.05, 4.69) is 6.07 Å². The highest BCUT2D eigenvalue weighted by molar-refractivity contribution is 5.44. The normalized spacial score (nSPS) is 17.7. The van der Waals surface area contributed by atoms with Crippen molar-refractivity contribution < 1.29 is 9.47 Å². The molecule has 0 bridgehead atoms. The van der Waals surface area contributed by atoms with Gasteiger partial charge in [-0.15, -0.1) is 0 Å². The van der Waals surface area contributed by atoms with Crippen LogP contribution < -0.4 is 15.2 Å². The standard InChI is InChI=1S/C15H23NO2/c1-3-18-14-10-12(8-9-13(14)17-2)15(16)11-6-4-5-7-11/h8-11,15H,3-7,16H2,1-2H3/t15-/m0/s1. The predicted octanol–water partition coefficient (Wildman–Crippen LogP) is 3.28. The van der Waals surface area contributed by atoms with Gasteiger partial charge in [0.2, 0.25) is 0 Å². The van der Waals surface area contributed by atoms with Gasteiger partial charge in [0.05, 0.1) is 13.7 Å². The van der Waals surface area contributed by atoms with Gasteiger partial charge < -0.3 is 15.2 Å². The molecule has 2 N–H and O–H groups in total. The minimum absolute atomic E-state index is 0.123. The van der Waals surface area contributed by atoms with Crippen molar-refractivity contribution in [3.05, 3.63) is 23.8 Å². The summed E-state index contributed by atoms with van der Waals surface area (Å²) in [4.78, 5) is 0. The zero-order valence-corrected chi connectivity index (χ0v) is 11.3. The quantitative estimate of drug-likeness (QED) is 0.871. The molecule has 0 radical (unpaired) electrons.